The van der Waals surface area contributed by atoms with Crippen molar-refractivity contribution in [3.8, 4) is 11.3 Å². The molecule has 2 nitrogen and oxygen atoms in total. The maximum atomic E-state index is 4.34. The standard InChI is InChI=1S/C12H11BrN2/c1-8-3-4-9(2)10(5-8)11-6-15-12(13)7-14-11/h3-7H,1-2H3. The highest BCUT2D eigenvalue weighted by atomic mass is 79.9. The quantitative estimate of drug-likeness (QED) is 0.786. The van der Waals surface area contributed by atoms with E-state index in [1.807, 2.05) is 0 Å². The molecule has 0 amide bonds. The van der Waals surface area contributed by atoms with Gasteiger partial charge in [-0.15, -0.1) is 0 Å². The first-order valence-electron chi connectivity index (χ1n) is 4.72. The molecule has 0 aliphatic carbocycles. The molecule has 0 bridgehead atoms. The summed E-state index contributed by atoms with van der Waals surface area (Å²) in [6, 6.07) is 6.34. The highest BCUT2D eigenvalue weighted by Crippen LogP contribution is 2.22. The lowest BCUT2D eigenvalue weighted by Crippen LogP contribution is -1.89. The van der Waals surface area contributed by atoms with E-state index in [0.717, 1.165) is 15.9 Å². The Morgan fingerprint density at radius 3 is 2.53 bits per heavy atom. The summed E-state index contributed by atoms with van der Waals surface area (Å²) in [5.74, 6) is 0. The molecule has 76 valence electrons. The fourth-order valence-electron chi connectivity index (χ4n) is 1.46. The number of benzene rings is 1. The molecule has 2 rings (SSSR count). The minimum atomic E-state index is 0.761. The maximum absolute atomic E-state index is 4.34. The summed E-state index contributed by atoms with van der Waals surface area (Å²) in [6.07, 6.45) is 3.50. The maximum Gasteiger partial charge on any atom is 0.124 e. The molecule has 1 heterocycles. The van der Waals surface area contributed by atoms with Gasteiger partial charge >= 0.3 is 0 Å². The van der Waals surface area contributed by atoms with Crippen LogP contribution >= 0.6 is 15.9 Å². The number of rotatable bonds is 1. The van der Waals surface area contributed by atoms with E-state index in [0.29, 0.717) is 0 Å². The van der Waals surface area contributed by atoms with Crippen molar-refractivity contribution in [2.45, 2.75) is 13.8 Å². The molecule has 0 N–H and O–H groups in total. The molecule has 0 saturated carbocycles. The van der Waals surface area contributed by atoms with Crippen LogP contribution in [0.1, 0.15) is 11.1 Å². The van der Waals surface area contributed by atoms with Crippen molar-refractivity contribution in [1.82, 2.24) is 9.97 Å². The van der Waals surface area contributed by atoms with Gasteiger partial charge in [0.05, 0.1) is 18.1 Å². The third-order valence-electron chi connectivity index (χ3n) is 2.29. The van der Waals surface area contributed by atoms with Crippen molar-refractivity contribution >= 4 is 15.9 Å². The molecule has 0 aliphatic heterocycles. The van der Waals surface area contributed by atoms with E-state index in [9.17, 15) is 0 Å². The second-order valence-corrected chi connectivity index (χ2v) is 4.36. The van der Waals surface area contributed by atoms with Crippen molar-refractivity contribution in [3.63, 3.8) is 0 Å². The van der Waals surface area contributed by atoms with E-state index >= 15 is 0 Å². The minimum Gasteiger partial charge on any atom is -0.252 e. The second-order valence-electron chi connectivity index (χ2n) is 3.54. The molecular formula is C12H11BrN2. The zero-order chi connectivity index (χ0) is 10.8. The van der Waals surface area contributed by atoms with Crippen LogP contribution in [0.15, 0.2) is 35.2 Å². The summed E-state index contributed by atoms with van der Waals surface area (Å²) in [6.45, 7) is 4.16. The van der Waals surface area contributed by atoms with Gasteiger partial charge in [-0.3, -0.25) is 4.98 Å². The summed E-state index contributed by atoms with van der Waals surface area (Å²) in [5, 5.41) is 0. The molecule has 1 aromatic heterocycles. The van der Waals surface area contributed by atoms with Crippen LogP contribution < -0.4 is 0 Å². The van der Waals surface area contributed by atoms with Crippen molar-refractivity contribution in [2.24, 2.45) is 0 Å². The Kier molecular flexibility index (Phi) is 2.82. The lowest BCUT2D eigenvalue weighted by molar-refractivity contribution is 1.16. The van der Waals surface area contributed by atoms with Crippen LogP contribution in [-0.4, -0.2) is 9.97 Å². The molecular weight excluding hydrogens is 252 g/mol. The smallest absolute Gasteiger partial charge is 0.124 e. The first-order chi connectivity index (χ1) is 7.16. The van der Waals surface area contributed by atoms with Crippen molar-refractivity contribution in [1.29, 1.82) is 0 Å². The normalized spacial score (nSPS) is 10.3. The predicted octanol–water partition coefficient (Wildman–Crippen LogP) is 3.52. The fourth-order valence-corrected chi connectivity index (χ4v) is 1.67. The average Bonchev–Trinajstić information content (AvgIpc) is 2.23. The summed E-state index contributed by atoms with van der Waals surface area (Å²) in [4.78, 5) is 8.52. The molecule has 0 unspecified atom stereocenters. The topological polar surface area (TPSA) is 25.8 Å². The van der Waals surface area contributed by atoms with Crippen molar-refractivity contribution < 1.29 is 0 Å². The highest BCUT2D eigenvalue weighted by molar-refractivity contribution is 9.10. The molecule has 0 fully saturated rings. The van der Waals surface area contributed by atoms with Gasteiger partial charge < -0.3 is 0 Å². The van der Waals surface area contributed by atoms with Gasteiger partial charge in [-0.2, -0.15) is 0 Å². The van der Waals surface area contributed by atoms with Crippen LogP contribution in [0.3, 0.4) is 0 Å². The Bertz CT molecular complexity index is 477. The van der Waals surface area contributed by atoms with E-state index in [2.05, 4.69) is 57.9 Å². The van der Waals surface area contributed by atoms with Crippen LogP contribution in [0.5, 0.6) is 0 Å². The molecule has 0 aliphatic rings. The highest BCUT2D eigenvalue weighted by Gasteiger charge is 2.03. The molecule has 1 aromatic carbocycles. The molecule has 2 aromatic rings. The number of nitrogens with zero attached hydrogens (tertiary/aromatic N) is 2. The Morgan fingerprint density at radius 2 is 1.87 bits per heavy atom. The third kappa shape index (κ3) is 2.23. The van der Waals surface area contributed by atoms with Crippen molar-refractivity contribution in [2.75, 3.05) is 0 Å². The number of hydrogen-bond donors (Lipinski definition) is 0. The lowest BCUT2D eigenvalue weighted by atomic mass is 10.0. The van der Waals surface area contributed by atoms with Gasteiger partial charge in [0.2, 0.25) is 0 Å². The molecule has 0 radical (unpaired) electrons. The summed E-state index contributed by atoms with van der Waals surface area (Å²) >= 11 is 3.28. The zero-order valence-corrected chi connectivity index (χ0v) is 10.2. The van der Waals surface area contributed by atoms with Crippen LogP contribution in [0.4, 0.5) is 0 Å². The summed E-state index contributed by atoms with van der Waals surface area (Å²) < 4.78 is 0.761. The number of aromatic nitrogens is 2. The Hall–Kier alpha value is -1.22. The average molecular weight is 263 g/mol. The monoisotopic (exact) mass is 262 g/mol. The molecule has 0 spiro atoms. The van der Waals surface area contributed by atoms with Gasteiger partial charge in [-0.05, 0) is 41.4 Å². The van der Waals surface area contributed by atoms with E-state index < -0.39 is 0 Å². The van der Waals surface area contributed by atoms with Gasteiger partial charge in [-0.25, -0.2) is 4.98 Å². The largest absolute Gasteiger partial charge is 0.252 e. The van der Waals surface area contributed by atoms with Gasteiger partial charge in [0.15, 0.2) is 0 Å². The molecule has 3 heteroatoms. The van der Waals surface area contributed by atoms with E-state index in [4.69, 9.17) is 0 Å². The summed E-state index contributed by atoms with van der Waals surface area (Å²) in [5.41, 5.74) is 4.52. The van der Waals surface area contributed by atoms with Crippen molar-refractivity contribution in [3.05, 3.63) is 46.3 Å². The van der Waals surface area contributed by atoms with E-state index in [1.165, 1.54) is 11.1 Å². The summed E-state index contributed by atoms with van der Waals surface area (Å²) in [7, 11) is 0. The number of halogens is 1. The van der Waals surface area contributed by atoms with Gasteiger partial charge in [0, 0.05) is 5.56 Å². The number of hydrogen-bond acceptors (Lipinski definition) is 2. The van der Waals surface area contributed by atoms with Crippen LogP contribution in [0.25, 0.3) is 11.3 Å². The third-order valence-corrected chi connectivity index (χ3v) is 2.70. The van der Waals surface area contributed by atoms with E-state index in [-0.39, 0.29) is 0 Å². The van der Waals surface area contributed by atoms with E-state index in [1.54, 1.807) is 12.4 Å². The molecule has 0 atom stereocenters. The van der Waals surface area contributed by atoms with Crippen LogP contribution in [0, 0.1) is 13.8 Å². The molecule has 0 saturated heterocycles. The van der Waals surface area contributed by atoms with Gasteiger partial charge in [0.25, 0.3) is 0 Å². The lowest BCUT2D eigenvalue weighted by Gasteiger charge is -2.05. The first kappa shape index (κ1) is 10.3. The Labute approximate surface area is 97.5 Å². The minimum absolute atomic E-state index is 0.761. The van der Waals surface area contributed by atoms with Gasteiger partial charge in [0.1, 0.15) is 4.60 Å². The zero-order valence-electron chi connectivity index (χ0n) is 8.66. The van der Waals surface area contributed by atoms with Crippen LogP contribution in [0.2, 0.25) is 0 Å². The fraction of sp³-hybridized carbons (Fsp3) is 0.167. The SMILES string of the molecule is Cc1ccc(C)c(-c2cnc(Br)cn2)c1. The Balaban J connectivity index is 2.53. The van der Waals surface area contributed by atoms with Gasteiger partial charge in [-0.1, -0.05) is 17.7 Å². The Morgan fingerprint density at radius 1 is 1.07 bits per heavy atom. The van der Waals surface area contributed by atoms with Crippen LogP contribution in [-0.2, 0) is 0 Å². The predicted molar refractivity (Wildman–Crippen MR) is 64.6 cm³/mol. The second kappa shape index (κ2) is 4.11. The number of aryl methyl sites for hydroxylation is 2. The molecule has 15 heavy (non-hydrogen) atoms. The first-order valence-corrected chi connectivity index (χ1v) is 5.51.